The third-order valence-electron chi connectivity index (χ3n) is 2.83. The number of methoxy groups -OCH3 is 1. The lowest BCUT2D eigenvalue weighted by atomic mass is 10.2. The Balaban J connectivity index is 1.70. The zero-order valence-corrected chi connectivity index (χ0v) is 11.7. The summed E-state index contributed by atoms with van der Waals surface area (Å²) in [5.74, 6) is 0.432. The molecule has 0 aliphatic rings. The SMILES string of the molecule is COc1ccc(NCC(O)COCc2ccco2)cc1F. The molecule has 0 aliphatic carbocycles. The van der Waals surface area contributed by atoms with Crippen molar-refractivity contribution >= 4 is 5.69 Å². The maximum atomic E-state index is 13.5. The standard InChI is InChI=1S/C15H18FNO4/c1-19-15-5-4-11(7-14(15)16)17-8-12(18)9-20-10-13-3-2-6-21-13/h2-7,12,17-18H,8-10H2,1H3. The predicted octanol–water partition coefficient (Wildman–Crippen LogP) is 2.42. The first-order valence-corrected chi connectivity index (χ1v) is 6.54. The summed E-state index contributed by atoms with van der Waals surface area (Å²) in [6.07, 6.45) is 0.861. The third kappa shape index (κ3) is 4.77. The molecule has 1 atom stereocenters. The average Bonchev–Trinajstić information content (AvgIpc) is 2.98. The van der Waals surface area contributed by atoms with E-state index in [1.165, 1.54) is 19.2 Å². The van der Waals surface area contributed by atoms with Crippen LogP contribution in [0.4, 0.5) is 10.1 Å². The molecule has 2 rings (SSSR count). The predicted molar refractivity (Wildman–Crippen MR) is 75.8 cm³/mol. The Kier molecular flexibility index (Phi) is 5.59. The Labute approximate surface area is 122 Å². The first-order chi connectivity index (χ1) is 10.2. The number of aliphatic hydroxyl groups excluding tert-OH is 1. The second-order valence-electron chi connectivity index (χ2n) is 4.48. The van der Waals surface area contributed by atoms with Crippen LogP contribution in [0, 0.1) is 5.82 Å². The van der Waals surface area contributed by atoms with Crippen LogP contribution in [0.25, 0.3) is 0 Å². The van der Waals surface area contributed by atoms with Crippen LogP contribution in [-0.2, 0) is 11.3 Å². The van der Waals surface area contributed by atoms with Crippen LogP contribution in [0.1, 0.15) is 5.76 Å². The molecule has 1 unspecified atom stereocenters. The zero-order valence-electron chi connectivity index (χ0n) is 11.7. The van der Waals surface area contributed by atoms with Crippen LogP contribution < -0.4 is 10.1 Å². The Morgan fingerprint density at radius 2 is 2.24 bits per heavy atom. The number of ether oxygens (including phenoxy) is 2. The molecule has 0 fully saturated rings. The van der Waals surface area contributed by atoms with Gasteiger partial charge < -0.3 is 24.3 Å². The third-order valence-corrected chi connectivity index (χ3v) is 2.83. The smallest absolute Gasteiger partial charge is 0.167 e. The number of nitrogens with one attached hydrogen (secondary N) is 1. The van der Waals surface area contributed by atoms with Crippen molar-refractivity contribution in [3.63, 3.8) is 0 Å². The molecule has 2 N–H and O–H groups in total. The number of benzene rings is 1. The van der Waals surface area contributed by atoms with Crippen molar-refractivity contribution in [3.8, 4) is 5.75 Å². The van der Waals surface area contributed by atoms with Gasteiger partial charge in [-0.3, -0.25) is 0 Å². The maximum absolute atomic E-state index is 13.5. The minimum atomic E-state index is -0.704. The van der Waals surface area contributed by atoms with Gasteiger partial charge in [0.1, 0.15) is 12.4 Å². The van der Waals surface area contributed by atoms with Crippen LogP contribution in [0.3, 0.4) is 0 Å². The van der Waals surface area contributed by atoms with E-state index >= 15 is 0 Å². The van der Waals surface area contributed by atoms with E-state index in [1.807, 2.05) is 0 Å². The van der Waals surface area contributed by atoms with Crippen molar-refractivity contribution in [2.24, 2.45) is 0 Å². The minimum absolute atomic E-state index is 0.159. The summed E-state index contributed by atoms with van der Waals surface area (Å²) in [4.78, 5) is 0. The van der Waals surface area contributed by atoms with Gasteiger partial charge in [0.2, 0.25) is 0 Å². The number of aliphatic hydroxyl groups is 1. The molecular formula is C15H18FNO4. The van der Waals surface area contributed by atoms with Crippen molar-refractivity contribution in [2.75, 3.05) is 25.6 Å². The van der Waals surface area contributed by atoms with Gasteiger partial charge in [-0.1, -0.05) is 0 Å². The van der Waals surface area contributed by atoms with Crippen molar-refractivity contribution in [2.45, 2.75) is 12.7 Å². The van der Waals surface area contributed by atoms with E-state index in [0.717, 1.165) is 0 Å². The molecule has 1 aromatic heterocycles. The van der Waals surface area contributed by atoms with Gasteiger partial charge in [0, 0.05) is 18.3 Å². The van der Waals surface area contributed by atoms with Crippen molar-refractivity contribution in [1.82, 2.24) is 0 Å². The molecule has 5 nitrogen and oxygen atoms in total. The van der Waals surface area contributed by atoms with E-state index in [1.54, 1.807) is 24.5 Å². The molecule has 0 saturated carbocycles. The highest BCUT2D eigenvalue weighted by Crippen LogP contribution is 2.20. The van der Waals surface area contributed by atoms with Crippen LogP contribution in [-0.4, -0.2) is 31.5 Å². The summed E-state index contributed by atoms with van der Waals surface area (Å²) in [5.41, 5.74) is 0.568. The lowest BCUT2D eigenvalue weighted by molar-refractivity contribution is 0.0282. The summed E-state index contributed by atoms with van der Waals surface area (Å²) in [6, 6.07) is 8.09. The molecule has 0 radical (unpaired) electrons. The lowest BCUT2D eigenvalue weighted by Gasteiger charge is -2.13. The van der Waals surface area contributed by atoms with E-state index in [9.17, 15) is 9.50 Å². The van der Waals surface area contributed by atoms with E-state index in [-0.39, 0.29) is 18.9 Å². The van der Waals surface area contributed by atoms with Crippen molar-refractivity contribution < 1.29 is 23.4 Å². The van der Waals surface area contributed by atoms with Gasteiger partial charge in [-0.25, -0.2) is 4.39 Å². The highest BCUT2D eigenvalue weighted by molar-refractivity contribution is 5.47. The Hall–Kier alpha value is -2.05. The minimum Gasteiger partial charge on any atom is -0.494 e. The van der Waals surface area contributed by atoms with Crippen LogP contribution in [0.15, 0.2) is 41.0 Å². The van der Waals surface area contributed by atoms with E-state index in [2.05, 4.69) is 5.32 Å². The normalized spacial score (nSPS) is 12.1. The maximum Gasteiger partial charge on any atom is 0.167 e. The van der Waals surface area contributed by atoms with Gasteiger partial charge >= 0.3 is 0 Å². The van der Waals surface area contributed by atoms with Gasteiger partial charge in [0.15, 0.2) is 11.6 Å². The first-order valence-electron chi connectivity index (χ1n) is 6.54. The number of anilines is 1. The summed E-state index contributed by atoms with van der Waals surface area (Å²) in [5, 5.41) is 12.7. The molecule has 0 bridgehead atoms. The largest absolute Gasteiger partial charge is 0.494 e. The van der Waals surface area contributed by atoms with Gasteiger partial charge in [0.25, 0.3) is 0 Å². The Bertz CT molecular complexity index is 545. The molecule has 1 aromatic carbocycles. The molecule has 0 amide bonds. The van der Waals surface area contributed by atoms with Crippen LogP contribution >= 0.6 is 0 Å². The molecule has 2 aromatic rings. The number of halogens is 1. The van der Waals surface area contributed by atoms with Crippen LogP contribution in [0.2, 0.25) is 0 Å². The topological polar surface area (TPSA) is 63.9 Å². The van der Waals surface area contributed by atoms with Gasteiger partial charge in [-0.05, 0) is 24.3 Å². The zero-order chi connectivity index (χ0) is 15.1. The van der Waals surface area contributed by atoms with Crippen molar-refractivity contribution in [3.05, 3.63) is 48.2 Å². The quantitative estimate of drug-likeness (QED) is 0.783. The molecule has 114 valence electrons. The number of hydrogen-bond acceptors (Lipinski definition) is 5. The van der Waals surface area contributed by atoms with E-state index < -0.39 is 11.9 Å². The number of furan rings is 1. The molecule has 0 aliphatic heterocycles. The van der Waals surface area contributed by atoms with Gasteiger partial charge in [0.05, 0.1) is 26.1 Å². The molecule has 1 heterocycles. The highest BCUT2D eigenvalue weighted by Gasteiger charge is 2.07. The second-order valence-corrected chi connectivity index (χ2v) is 4.48. The average molecular weight is 295 g/mol. The fraction of sp³-hybridized carbons (Fsp3) is 0.333. The fourth-order valence-electron chi connectivity index (χ4n) is 1.76. The number of hydrogen-bond donors (Lipinski definition) is 2. The first kappa shape index (κ1) is 15.3. The molecule has 0 spiro atoms. The summed E-state index contributed by atoms with van der Waals surface area (Å²) in [7, 11) is 1.41. The highest BCUT2D eigenvalue weighted by atomic mass is 19.1. The fourth-order valence-corrected chi connectivity index (χ4v) is 1.76. The van der Waals surface area contributed by atoms with Gasteiger partial charge in [-0.15, -0.1) is 0 Å². The van der Waals surface area contributed by atoms with E-state index in [0.29, 0.717) is 18.1 Å². The molecule has 21 heavy (non-hydrogen) atoms. The molecule has 0 saturated heterocycles. The summed E-state index contributed by atoms with van der Waals surface area (Å²) in [6.45, 7) is 0.720. The Morgan fingerprint density at radius 3 is 2.90 bits per heavy atom. The summed E-state index contributed by atoms with van der Waals surface area (Å²) < 4.78 is 28.7. The molecular weight excluding hydrogens is 277 g/mol. The lowest BCUT2D eigenvalue weighted by Crippen LogP contribution is -2.24. The van der Waals surface area contributed by atoms with Crippen LogP contribution in [0.5, 0.6) is 5.75 Å². The second kappa shape index (κ2) is 7.66. The van der Waals surface area contributed by atoms with Crippen molar-refractivity contribution in [1.29, 1.82) is 0 Å². The summed E-state index contributed by atoms with van der Waals surface area (Å²) >= 11 is 0. The monoisotopic (exact) mass is 295 g/mol. The molecule has 6 heteroatoms. The Morgan fingerprint density at radius 1 is 1.38 bits per heavy atom. The number of rotatable bonds is 8. The van der Waals surface area contributed by atoms with E-state index in [4.69, 9.17) is 13.9 Å². The van der Waals surface area contributed by atoms with Gasteiger partial charge in [-0.2, -0.15) is 0 Å².